The van der Waals surface area contributed by atoms with Gasteiger partial charge in [0, 0.05) is 30.2 Å². The highest BCUT2D eigenvalue weighted by molar-refractivity contribution is 6.07. The van der Waals surface area contributed by atoms with Gasteiger partial charge in [-0.1, -0.05) is 30.9 Å². The fourth-order valence-corrected chi connectivity index (χ4v) is 3.45. The number of rotatable bonds is 13. The van der Waals surface area contributed by atoms with Crippen molar-refractivity contribution in [1.82, 2.24) is 5.32 Å². The Kier molecular flexibility index (Phi) is 12.4. The lowest BCUT2D eigenvalue weighted by molar-refractivity contribution is -0.114. The van der Waals surface area contributed by atoms with E-state index in [2.05, 4.69) is 28.8 Å². The van der Waals surface area contributed by atoms with Crippen LogP contribution < -0.4 is 20.3 Å². The van der Waals surface area contributed by atoms with Gasteiger partial charge in [-0.25, -0.2) is 9.98 Å². The molecule has 1 unspecified atom stereocenters. The number of nitrogens with zero attached hydrogens (tertiary/aromatic N) is 3. The number of benzene rings is 2. The first kappa shape index (κ1) is 29.9. The Morgan fingerprint density at radius 3 is 2.58 bits per heavy atom. The third-order valence-corrected chi connectivity index (χ3v) is 5.37. The predicted molar refractivity (Wildman–Crippen MR) is 158 cm³/mol. The highest BCUT2D eigenvalue weighted by Crippen LogP contribution is 2.20. The number of nitrogens with one attached hydrogen (secondary N) is 2. The van der Waals surface area contributed by atoms with Crippen molar-refractivity contribution in [2.45, 2.75) is 40.3 Å². The van der Waals surface area contributed by atoms with E-state index in [1.54, 1.807) is 12.0 Å². The molecule has 1 amide bonds. The monoisotopic (exact) mass is 517 g/mol. The summed E-state index contributed by atoms with van der Waals surface area (Å²) < 4.78 is 10.9. The van der Waals surface area contributed by atoms with Crippen molar-refractivity contribution in [3.8, 4) is 5.75 Å². The summed E-state index contributed by atoms with van der Waals surface area (Å²) in [5.74, 6) is 1.56. The molecule has 0 radical (unpaired) electrons. The van der Waals surface area contributed by atoms with E-state index in [9.17, 15) is 4.79 Å². The number of likely N-dealkylation sites (N-methyl/N-ethyl adjacent to an activating group) is 1. The van der Waals surface area contributed by atoms with Crippen molar-refractivity contribution < 1.29 is 14.3 Å². The van der Waals surface area contributed by atoms with E-state index in [-0.39, 0.29) is 11.9 Å². The van der Waals surface area contributed by atoms with Crippen LogP contribution in [0.3, 0.4) is 0 Å². The number of hydrogen-bond donors (Lipinski definition) is 2. The minimum atomic E-state index is -0.158. The Morgan fingerprint density at radius 2 is 1.95 bits per heavy atom. The zero-order valence-corrected chi connectivity index (χ0v) is 23.0. The zero-order valence-electron chi connectivity index (χ0n) is 23.0. The first-order valence-electron chi connectivity index (χ1n) is 12.5. The van der Waals surface area contributed by atoms with E-state index < -0.39 is 0 Å². The second kappa shape index (κ2) is 15.7. The largest absolute Gasteiger partial charge is 0.497 e. The van der Waals surface area contributed by atoms with Gasteiger partial charge in [0.1, 0.15) is 12.4 Å². The van der Waals surface area contributed by atoms with Crippen LogP contribution in [0.5, 0.6) is 5.75 Å². The maximum absolute atomic E-state index is 12.2. The Morgan fingerprint density at radius 1 is 1.21 bits per heavy atom. The summed E-state index contributed by atoms with van der Waals surface area (Å²) in [5, 5.41) is 6.47. The average Bonchev–Trinajstić information content (AvgIpc) is 2.91. The van der Waals surface area contributed by atoms with Crippen molar-refractivity contribution in [2.24, 2.45) is 9.98 Å². The van der Waals surface area contributed by atoms with Crippen LogP contribution in [-0.4, -0.2) is 43.8 Å². The standard InChI is InChI=1S/C30H39N5O3/c1-8-12-22(4)32-30(34-26-13-11-14-27(19-26)35(10-3)29(36)9-2)33-23(5)20-31-24(6)38-21-25-15-17-28(37-7)18-16-25/h8-9,11-19,23,31H,2,6,10,20-21H2,1,3-5,7H3,(H,33,34)/b12-8-,32-22?. The number of carbonyl (C=O) groups is 1. The van der Waals surface area contributed by atoms with Gasteiger partial charge in [-0.3, -0.25) is 4.79 Å². The van der Waals surface area contributed by atoms with Crippen molar-refractivity contribution >= 4 is 29.0 Å². The summed E-state index contributed by atoms with van der Waals surface area (Å²) in [6.45, 7) is 16.7. The highest BCUT2D eigenvalue weighted by Gasteiger charge is 2.12. The Hall–Kier alpha value is -4.33. The molecule has 0 aliphatic rings. The van der Waals surface area contributed by atoms with Crippen LogP contribution in [0.4, 0.5) is 11.4 Å². The number of guanidine groups is 1. The molecule has 2 aromatic carbocycles. The SMILES string of the molecule is C=CC(=O)N(CC)c1cccc(NC(N=C(C)/C=C\C)=NC(C)CNC(=C)OCc2ccc(OC)cc2)c1. The molecule has 0 aromatic heterocycles. The summed E-state index contributed by atoms with van der Waals surface area (Å²) in [6, 6.07) is 15.1. The summed E-state index contributed by atoms with van der Waals surface area (Å²) >= 11 is 0. The van der Waals surface area contributed by atoms with Gasteiger partial charge in [-0.05, 0) is 82.3 Å². The number of ether oxygens (including phenoxy) is 2. The minimum Gasteiger partial charge on any atom is -0.497 e. The predicted octanol–water partition coefficient (Wildman–Crippen LogP) is 5.71. The fourth-order valence-electron chi connectivity index (χ4n) is 3.45. The Labute approximate surface area is 226 Å². The first-order chi connectivity index (χ1) is 18.3. The van der Waals surface area contributed by atoms with Gasteiger partial charge in [0.25, 0.3) is 0 Å². The Bertz CT molecular complexity index is 1170. The van der Waals surface area contributed by atoms with Gasteiger partial charge in [0.2, 0.25) is 11.9 Å². The van der Waals surface area contributed by atoms with Crippen LogP contribution in [0.2, 0.25) is 0 Å². The molecule has 0 heterocycles. The molecule has 8 heteroatoms. The first-order valence-corrected chi connectivity index (χ1v) is 12.5. The lowest BCUT2D eigenvalue weighted by atomic mass is 10.2. The smallest absolute Gasteiger partial charge is 0.250 e. The molecule has 2 rings (SSSR count). The van der Waals surface area contributed by atoms with Gasteiger partial charge in [-0.15, -0.1) is 0 Å². The number of carbonyl (C=O) groups excluding carboxylic acids is 1. The van der Waals surface area contributed by atoms with Crippen molar-refractivity contribution in [1.29, 1.82) is 0 Å². The molecule has 202 valence electrons. The van der Waals surface area contributed by atoms with E-state index in [0.717, 1.165) is 28.4 Å². The molecule has 0 aliphatic heterocycles. The second-order valence-electron chi connectivity index (χ2n) is 8.46. The van der Waals surface area contributed by atoms with E-state index in [1.807, 2.05) is 88.4 Å². The van der Waals surface area contributed by atoms with Crippen molar-refractivity contribution in [2.75, 3.05) is 30.4 Å². The molecule has 38 heavy (non-hydrogen) atoms. The van der Waals surface area contributed by atoms with E-state index >= 15 is 0 Å². The highest BCUT2D eigenvalue weighted by atomic mass is 16.5. The van der Waals surface area contributed by atoms with Crippen LogP contribution in [0, 0.1) is 0 Å². The number of methoxy groups -OCH3 is 1. The van der Waals surface area contributed by atoms with E-state index in [4.69, 9.17) is 14.5 Å². The number of anilines is 2. The summed E-state index contributed by atoms with van der Waals surface area (Å²) in [5.41, 5.74) is 3.34. The third-order valence-electron chi connectivity index (χ3n) is 5.37. The van der Waals surface area contributed by atoms with Crippen LogP contribution in [0.25, 0.3) is 0 Å². The van der Waals surface area contributed by atoms with Crippen molar-refractivity contribution in [3.05, 3.63) is 91.4 Å². The maximum Gasteiger partial charge on any atom is 0.250 e. The molecule has 2 N–H and O–H groups in total. The summed E-state index contributed by atoms with van der Waals surface area (Å²) in [6.07, 6.45) is 5.14. The molecule has 1 atom stereocenters. The van der Waals surface area contributed by atoms with Gasteiger partial charge >= 0.3 is 0 Å². The van der Waals surface area contributed by atoms with E-state index in [1.165, 1.54) is 6.08 Å². The molecule has 0 bridgehead atoms. The molecule has 0 aliphatic carbocycles. The maximum atomic E-state index is 12.2. The minimum absolute atomic E-state index is 0.140. The molecule has 0 spiro atoms. The average molecular weight is 518 g/mol. The van der Waals surface area contributed by atoms with Crippen molar-refractivity contribution in [3.63, 3.8) is 0 Å². The number of aliphatic imine (C=N–C) groups is 2. The summed E-state index contributed by atoms with van der Waals surface area (Å²) in [7, 11) is 1.64. The molecule has 0 saturated heterocycles. The van der Waals surface area contributed by atoms with Crippen LogP contribution >= 0.6 is 0 Å². The Balaban J connectivity index is 2.08. The van der Waals surface area contributed by atoms with Crippen LogP contribution in [-0.2, 0) is 16.1 Å². The van der Waals surface area contributed by atoms with Gasteiger partial charge in [0.15, 0.2) is 5.88 Å². The zero-order chi connectivity index (χ0) is 27.9. The fraction of sp³-hybridized carbons (Fsp3) is 0.300. The molecular formula is C30H39N5O3. The number of hydrogen-bond acceptors (Lipinski definition) is 5. The number of allylic oxidation sites excluding steroid dienone is 2. The molecule has 8 nitrogen and oxygen atoms in total. The topological polar surface area (TPSA) is 87.6 Å². The normalized spacial score (nSPS) is 12.6. The third kappa shape index (κ3) is 9.97. The van der Waals surface area contributed by atoms with Crippen LogP contribution in [0.15, 0.2) is 95.8 Å². The molecule has 0 saturated carbocycles. The van der Waals surface area contributed by atoms with Gasteiger partial charge in [-0.2, -0.15) is 0 Å². The molecule has 0 fully saturated rings. The quantitative estimate of drug-likeness (QED) is 0.154. The number of amides is 1. The lowest BCUT2D eigenvalue weighted by Gasteiger charge is -2.20. The van der Waals surface area contributed by atoms with Gasteiger partial charge < -0.3 is 25.0 Å². The van der Waals surface area contributed by atoms with Gasteiger partial charge in [0.05, 0.1) is 13.2 Å². The molecule has 2 aromatic rings. The molecular weight excluding hydrogens is 478 g/mol. The summed E-state index contributed by atoms with van der Waals surface area (Å²) in [4.78, 5) is 23.3. The van der Waals surface area contributed by atoms with Crippen LogP contribution in [0.1, 0.15) is 33.3 Å². The second-order valence-corrected chi connectivity index (χ2v) is 8.46. The lowest BCUT2D eigenvalue weighted by Crippen LogP contribution is -2.28. The van der Waals surface area contributed by atoms with E-state index in [0.29, 0.717) is 31.5 Å².